The Hall–Kier alpha value is -0.550. The average Bonchev–Trinajstić information content (AvgIpc) is 2.59. The summed E-state index contributed by atoms with van der Waals surface area (Å²) in [5.41, 5.74) is -0.163. The summed E-state index contributed by atoms with van der Waals surface area (Å²) in [6.45, 7) is 6.25. The fourth-order valence-corrected chi connectivity index (χ4v) is 3.68. The van der Waals surface area contributed by atoms with Crippen LogP contribution < -0.4 is 0 Å². The van der Waals surface area contributed by atoms with Crippen LogP contribution in [0.5, 0.6) is 0 Å². The molecule has 0 aromatic carbocycles. The minimum Gasteiger partial charge on any atom is -0.435 e. The second-order valence-electron chi connectivity index (χ2n) is 5.95. The Kier molecular flexibility index (Phi) is 2.82. The molecule has 1 saturated heterocycles. The maximum atomic E-state index is 12.5. The van der Waals surface area contributed by atoms with Gasteiger partial charge in [0.2, 0.25) is 0 Å². The number of hydrogen-bond donors (Lipinski definition) is 2. The molecule has 0 radical (unpaired) electrons. The van der Waals surface area contributed by atoms with Crippen LogP contribution in [0, 0.1) is 11.3 Å². The number of quaternary nitrogens is 1. The van der Waals surface area contributed by atoms with Crippen molar-refractivity contribution in [3.8, 4) is 0 Å². The number of carbonyl (C=O) groups is 2. The molecule has 0 aromatic heterocycles. The van der Waals surface area contributed by atoms with E-state index in [4.69, 9.17) is 0 Å². The summed E-state index contributed by atoms with van der Waals surface area (Å²) >= 11 is 4.40. The van der Waals surface area contributed by atoms with Gasteiger partial charge < -0.3 is 5.11 Å². The number of likely N-dealkylation sites (tertiary alicyclic amines) is 1. The van der Waals surface area contributed by atoms with Crippen LogP contribution >= 0.6 is 12.6 Å². The van der Waals surface area contributed by atoms with Crippen molar-refractivity contribution < 1.29 is 19.2 Å². The van der Waals surface area contributed by atoms with Crippen LogP contribution in [0.3, 0.4) is 0 Å². The molecule has 5 heteroatoms. The van der Waals surface area contributed by atoms with Crippen LogP contribution in [0.25, 0.3) is 0 Å². The van der Waals surface area contributed by atoms with Gasteiger partial charge in [0.15, 0.2) is 0 Å². The third kappa shape index (κ3) is 1.55. The number of nitrogens with zero attached hydrogens (tertiary/aromatic N) is 1. The van der Waals surface area contributed by atoms with Gasteiger partial charge in [-0.25, -0.2) is 4.79 Å². The summed E-state index contributed by atoms with van der Waals surface area (Å²) in [6.07, 6.45) is 0.620. The van der Waals surface area contributed by atoms with Crippen molar-refractivity contribution in [3.63, 3.8) is 0 Å². The molecule has 2 fully saturated rings. The molecule has 1 saturated carbocycles. The number of amides is 2. The summed E-state index contributed by atoms with van der Waals surface area (Å²) in [6, 6.07) is -0.114. The third-order valence-corrected chi connectivity index (χ3v) is 5.62. The number of thiol groups is 1. The molecule has 17 heavy (non-hydrogen) atoms. The Labute approximate surface area is 107 Å². The Morgan fingerprint density at radius 2 is 1.94 bits per heavy atom. The largest absolute Gasteiger partial charge is 0.521 e. The second kappa shape index (κ2) is 3.72. The highest BCUT2D eigenvalue weighted by Crippen LogP contribution is 2.57. The van der Waals surface area contributed by atoms with E-state index in [1.165, 1.54) is 0 Å². The second-order valence-corrected chi connectivity index (χ2v) is 6.50. The molecule has 0 bridgehead atoms. The van der Waals surface area contributed by atoms with Gasteiger partial charge in [-0.15, -0.1) is 0 Å². The molecule has 2 amide bonds. The number of imide groups is 1. The predicted molar refractivity (Wildman–Crippen MR) is 66.9 cm³/mol. The highest BCUT2D eigenvalue weighted by molar-refractivity contribution is 7.81. The fraction of sp³-hybridized carbons (Fsp3) is 0.833. The Bertz CT molecular complexity index is 382. The van der Waals surface area contributed by atoms with Gasteiger partial charge in [-0.2, -0.15) is 21.9 Å². The van der Waals surface area contributed by atoms with Crippen LogP contribution in [-0.2, 0) is 4.79 Å². The van der Waals surface area contributed by atoms with Crippen LogP contribution in [0.15, 0.2) is 0 Å². The first-order valence-electron chi connectivity index (χ1n) is 6.10. The first-order valence-corrected chi connectivity index (χ1v) is 6.61. The van der Waals surface area contributed by atoms with E-state index in [2.05, 4.69) is 12.6 Å². The lowest BCUT2D eigenvalue weighted by Crippen LogP contribution is -2.59. The van der Waals surface area contributed by atoms with Crippen molar-refractivity contribution in [1.82, 2.24) is 0 Å². The Morgan fingerprint density at radius 3 is 2.24 bits per heavy atom. The summed E-state index contributed by atoms with van der Waals surface area (Å²) in [4.78, 5) is 24.1. The lowest BCUT2D eigenvalue weighted by atomic mass is 10.1. The van der Waals surface area contributed by atoms with Gasteiger partial charge in [-0.05, 0) is 12.3 Å². The molecule has 0 spiro atoms. The third-order valence-electron chi connectivity index (χ3n) is 4.66. The molecule has 2 aliphatic rings. The smallest absolute Gasteiger partial charge is 0.435 e. The molecule has 1 heterocycles. The van der Waals surface area contributed by atoms with Gasteiger partial charge in [-0.1, -0.05) is 13.8 Å². The first-order chi connectivity index (χ1) is 7.76. The zero-order valence-corrected chi connectivity index (χ0v) is 11.4. The quantitative estimate of drug-likeness (QED) is 0.559. The van der Waals surface area contributed by atoms with Crippen molar-refractivity contribution in [1.29, 1.82) is 0 Å². The summed E-state index contributed by atoms with van der Waals surface area (Å²) in [7, 11) is 0. The lowest BCUT2D eigenvalue weighted by molar-refractivity contribution is -0.793. The van der Waals surface area contributed by atoms with E-state index >= 15 is 0 Å². The number of rotatable bonds is 1. The highest BCUT2D eigenvalue weighted by Gasteiger charge is 2.68. The molecular weight excluding hydrogens is 238 g/mol. The van der Waals surface area contributed by atoms with E-state index in [-0.39, 0.29) is 33.0 Å². The SMILES string of the molecule is C[C@@H]1CCC[N+]1(C(=O)O)C(=O)C1C(S)C1(C)C. The fourth-order valence-electron chi connectivity index (χ4n) is 3.10. The van der Waals surface area contributed by atoms with Crippen LogP contribution in [-0.4, -0.2) is 39.4 Å². The molecule has 1 aliphatic heterocycles. The van der Waals surface area contributed by atoms with Gasteiger partial charge in [0, 0.05) is 18.1 Å². The number of carbonyl (C=O) groups excluding carboxylic acids is 1. The molecular formula is C12H20NO3S+. The average molecular weight is 258 g/mol. The van der Waals surface area contributed by atoms with E-state index in [0.29, 0.717) is 6.54 Å². The van der Waals surface area contributed by atoms with Gasteiger partial charge >= 0.3 is 12.0 Å². The molecule has 1 aliphatic carbocycles. The zero-order chi connectivity index (χ0) is 13.0. The van der Waals surface area contributed by atoms with E-state index in [9.17, 15) is 14.7 Å². The van der Waals surface area contributed by atoms with Crippen molar-refractivity contribution in [2.24, 2.45) is 11.3 Å². The molecule has 96 valence electrons. The van der Waals surface area contributed by atoms with E-state index < -0.39 is 6.09 Å². The molecule has 0 aromatic rings. The predicted octanol–water partition coefficient (Wildman–Crippen LogP) is 2.14. The maximum absolute atomic E-state index is 12.5. The van der Waals surface area contributed by atoms with Crippen LogP contribution in [0.1, 0.15) is 33.6 Å². The summed E-state index contributed by atoms with van der Waals surface area (Å²) in [5, 5.41) is 9.46. The highest BCUT2D eigenvalue weighted by atomic mass is 32.1. The van der Waals surface area contributed by atoms with E-state index in [0.717, 1.165) is 12.8 Å². The Balaban J connectivity index is 2.31. The monoisotopic (exact) mass is 258 g/mol. The van der Waals surface area contributed by atoms with Crippen LogP contribution in [0.4, 0.5) is 4.79 Å². The number of carboxylic acid groups (broad SMARTS) is 1. The standard InChI is InChI=1S/C12H19NO3S/c1-7-5-4-6-13(7,11(15)16)10(14)8-9(17)12(8,2)3/h7-9H,4-6H2,1-3H3,(H-,15,16,17)/p+1/t7-,8?,9?,13?/m1/s1. The van der Waals surface area contributed by atoms with Gasteiger partial charge in [0.1, 0.15) is 6.04 Å². The minimum atomic E-state index is -0.997. The van der Waals surface area contributed by atoms with Crippen molar-refractivity contribution >= 4 is 24.6 Å². The van der Waals surface area contributed by atoms with E-state index in [1.807, 2.05) is 20.8 Å². The summed E-state index contributed by atoms with van der Waals surface area (Å²) < 4.78 is -0.384. The lowest BCUT2D eigenvalue weighted by Gasteiger charge is -2.30. The molecule has 4 atom stereocenters. The molecule has 3 unspecified atom stereocenters. The molecule has 4 nitrogen and oxygen atoms in total. The van der Waals surface area contributed by atoms with Crippen molar-refractivity contribution in [2.45, 2.75) is 44.9 Å². The minimum absolute atomic E-state index is 0.00264. The molecule has 1 N–H and O–H groups in total. The van der Waals surface area contributed by atoms with Gasteiger partial charge in [0.05, 0.1) is 12.5 Å². The van der Waals surface area contributed by atoms with Crippen molar-refractivity contribution in [2.75, 3.05) is 6.54 Å². The topological polar surface area (TPSA) is 54.4 Å². The summed E-state index contributed by atoms with van der Waals surface area (Å²) in [5.74, 6) is -0.366. The zero-order valence-electron chi connectivity index (χ0n) is 10.5. The van der Waals surface area contributed by atoms with Gasteiger partial charge in [0.25, 0.3) is 0 Å². The van der Waals surface area contributed by atoms with E-state index in [1.54, 1.807) is 0 Å². The molecule has 2 rings (SSSR count). The Morgan fingerprint density at radius 1 is 1.41 bits per heavy atom. The van der Waals surface area contributed by atoms with Crippen molar-refractivity contribution in [3.05, 3.63) is 0 Å². The normalized spacial score (nSPS) is 43.4. The van der Waals surface area contributed by atoms with Gasteiger partial charge in [-0.3, -0.25) is 0 Å². The van der Waals surface area contributed by atoms with Crippen LogP contribution in [0.2, 0.25) is 0 Å². The maximum Gasteiger partial charge on any atom is 0.521 e. The number of hydrogen-bond acceptors (Lipinski definition) is 3. The first kappa shape index (κ1) is 12.9.